The number of nitrogens with one attached hydrogen (secondary N) is 1. The molecule has 122 valence electrons. The molecule has 0 radical (unpaired) electrons. The molecule has 0 amide bonds. The van der Waals surface area contributed by atoms with Crippen LogP contribution in [0, 0.1) is 20.8 Å². The van der Waals surface area contributed by atoms with Crippen LogP contribution >= 0.6 is 0 Å². The lowest BCUT2D eigenvalue weighted by Crippen LogP contribution is -2.26. The van der Waals surface area contributed by atoms with E-state index in [0.29, 0.717) is 0 Å². The van der Waals surface area contributed by atoms with Crippen LogP contribution in [0.4, 0.5) is 17.5 Å². The van der Waals surface area contributed by atoms with Gasteiger partial charge in [-0.25, -0.2) is 0 Å². The van der Waals surface area contributed by atoms with Crippen LogP contribution in [0.3, 0.4) is 0 Å². The third kappa shape index (κ3) is 3.78. The van der Waals surface area contributed by atoms with Crippen molar-refractivity contribution in [3.05, 3.63) is 35.0 Å². The first-order valence-corrected chi connectivity index (χ1v) is 8.43. The number of anilines is 3. The summed E-state index contributed by atoms with van der Waals surface area (Å²) in [5.74, 6) is 1.49. The van der Waals surface area contributed by atoms with Gasteiger partial charge in [-0.05, 0) is 44.7 Å². The summed E-state index contributed by atoms with van der Waals surface area (Å²) < 4.78 is 0. The van der Waals surface area contributed by atoms with E-state index in [2.05, 4.69) is 58.3 Å². The van der Waals surface area contributed by atoms with Crippen molar-refractivity contribution in [2.24, 2.45) is 0 Å². The van der Waals surface area contributed by atoms with E-state index in [4.69, 9.17) is 0 Å². The zero-order valence-corrected chi connectivity index (χ0v) is 14.3. The average molecular weight is 311 g/mol. The molecule has 5 heteroatoms. The first-order valence-electron chi connectivity index (χ1n) is 8.43. The van der Waals surface area contributed by atoms with Gasteiger partial charge in [0.15, 0.2) is 5.82 Å². The monoisotopic (exact) mass is 311 g/mol. The molecule has 5 nitrogen and oxygen atoms in total. The van der Waals surface area contributed by atoms with Crippen molar-refractivity contribution in [2.45, 2.75) is 46.5 Å². The lowest BCUT2D eigenvalue weighted by atomic mass is 10.1. The molecular weight excluding hydrogens is 286 g/mol. The molecule has 0 saturated carbocycles. The summed E-state index contributed by atoms with van der Waals surface area (Å²) in [6.45, 7) is 8.40. The van der Waals surface area contributed by atoms with E-state index in [1.807, 2.05) is 0 Å². The highest BCUT2D eigenvalue weighted by Gasteiger charge is 2.14. The molecule has 1 aliphatic rings. The predicted molar refractivity (Wildman–Crippen MR) is 94.4 cm³/mol. The van der Waals surface area contributed by atoms with E-state index in [9.17, 15) is 0 Å². The van der Waals surface area contributed by atoms with Crippen molar-refractivity contribution in [1.29, 1.82) is 0 Å². The molecule has 0 spiro atoms. The van der Waals surface area contributed by atoms with Crippen molar-refractivity contribution >= 4 is 17.5 Å². The minimum atomic E-state index is 0.735. The van der Waals surface area contributed by atoms with Gasteiger partial charge in [0.25, 0.3) is 0 Å². The van der Waals surface area contributed by atoms with E-state index < -0.39 is 0 Å². The Hall–Kier alpha value is -2.17. The first-order chi connectivity index (χ1) is 11.1. The lowest BCUT2D eigenvalue weighted by molar-refractivity contribution is 0.726. The van der Waals surface area contributed by atoms with Crippen LogP contribution in [0.5, 0.6) is 0 Å². The zero-order valence-electron chi connectivity index (χ0n) is 14.3. The number of hydrogen-bond donors (Lipinski definition) is 1. The SMILES string of the molecule is Cc1cc(C)c(Nc2cnnc(N3CCCCCC3)n2)c(C)c1. The lowest BCUT2D eigenvalue weighted by Gasteiger charge is -2.20. The van der Waals surface area contributed by atoms with Gasteiger partial charge in [-0.3, -0.25) is 0 Å². The third-order valence-corrected chi connectivity index (χ3v) is 4.37. The Morgan fingerprint density at radius 2 is 1.61 bits per heavy atom. The van der Waals surface area contributed by atoms with Crippen LogP contribution in [-0.4, -0.2) is 28.3 Å². The molecule has 2 heterocycles. The van der Waals surface area contributed by atoms with Crippen molar-refractivity contribution in [1.82, 2.24) is 15.2 Å². The fraction of sp³-hybridized carbons (Fsp3) is 0.500. The van der Waals surface area contributed by atoms with Crippen molar-refractivity contribution in [3.63, 3.8) is 0 Å². The van der Waals surface area contributed by atoms with Gasteiger partial charge < -0.3 is 10.2 Å². The van der Waals surface area contributed by atoms with Crippen LogP contribution in [-0.2, 0) is 0 Å². The molecule has 0 unspecified atom stereocenters. The van der Waals surface area contributed by atoms with Crippen LogP contribution in [0.1, 0.15) is 42.4 Å². The molecule has 23 heavy (non-hydrogen) atoms. The largest absolute Gasteiger partial charge is 0.339 e. The van der Waals surface area contributed by atoms with E-state index >= 15 is 0 Å². The van der Waals surface area contributed by atoms with Gasteiger partial charge >= 0.3 is 0 Å². The second kappa shape index (κ2) is 6.94. The summed E-state index contributed by atoms with van der Waals surface area (Å²) in [5.41, 5.74) is 4.82. The fourth-order valence-electron chi connectivity index (χ4n) is 3.26. The number of hydrogen-bond acceptors (Lipinski definition) is 5. The molecule has 0 atom stereocenters. The first kappa shape index (κ1) is 15.7. The zero-order chi connectivity index (χ0) is 16.2. The molecule has 1 aromatic carbocycles. The molecule has 1 aromatic heterocycles. The maximum absolute atomic E-state index is 4.68. The van der Waals surface area contributed by atoms with E-state index in [1.54, 1.807) is 6.20 Å². The molecule has 1 saturated heterocycles. The predicted octanol–water partition coefficient (Wildman–Crippen LogP) is 3.92. The molecule has 0 aliphatic carbocycles. The molecule has 1 fully saturated rings. The third-order valence-electron chi connectivity index (χ3n) is 4.37. The number of aromatic nitrogens is 3. The van der Waals surface area contributed by atoms with E-state index in [0.717, 1.165) is 30.5 Å². The Labute approximate surface area is 138 Å². The highest BCUT2D eigenvalue weighted by atomic mass is 15.3. The van der Waals surface area contributed by atoms with Gasteiger partial charge in [-0.15, -0.1) is 5.10 Å². The molecule has 2 aromatic rings. The van der Waals surface area contributed by atoms with Crippen molar-refractivity contribution < 1.29 is 0 Å². The van der Waals surface area contributed by atoms with Gasteiger partial charge in [0.2, 0.25) is 5.95 Å². The summed E-state index contributed by atoms with van der Waals surface area (Å²) in [6, 6.07) is 4.36. The maximum atomic E-state index is 4.68. The molecular formula is C18H25N5. The highest BCUT2D eigenvalue weighted by Crippen LogP contribution is 2.25. The second-order valence-electron chi connectivity index (χ2n) is 6.44. The number of rotatable bonds is 3. The van der Waals surface area contributed by atoms with Gasteiger partial charge in [-0.1, -0.05) is 30.5 Å². The highest BCUT2D eigenvalue weighted by molar-refractivity contribution is 5.65. The normalized spacial score (nSPS) is 15.3. The Morgan fingerprint density at radius 3 is 2.26 bits per heavy atom. The Kier molecular flexibility index (Phi) is 4.74. The summed E-state index contributed by atoms with van der Waals surface area (Å²) in [7, 11) is 0. The van der Waals surface area contributed by atoms with E-state index in [-0.39, 0.29) is 0 Å². The molecule has 1 aliphatic heterocycles. The molecule has 1 N–H and O–H groups in total. The van der Waals surface area contributed by atoms with Crippen LogP contribution in [0.2, 0.25) is 0 Å². The topological polar surface area (TPSA) is 53.9 Å². The van der Waals surface area contributed by atoms with Gasteiger partial charge in [0, 0.05) is 18.8 Å². The van der Waals surface area contributed by atoms with Gasteiger partial charge in [0.05, 0.1) is 6.20 Å². The quantitative estimate of drug-likeness (QED) is 0.931. The summed E-state index contributed by atoms with van der Waals surface area (Å²) in [6.07, 6.45) is 6.70. The maximum Gasteiger partial charge on any atom is 0.247 e. The number of benzene rings is 1. The standard InChI is InChI=1S/C18H25N5/c1-13-10-14(2)17(15(3)11-13)20-16-12-19-22-18(21-16)23-8-6-4-5-7-9-23/h10-12H,4-9H2,1-3H3,(H,20,21,22). The van der Waals surface area contributed by atoms with Gasteiger partial charge in [0.1, 0.15) is 0 Å². The van der Waals surface area contributed by atoms with Crippen LogP contribution < -0.4 is 10.2 Å². The van der Waals surface area contributed by atoms with Crippen molar-refractivity contribution in [3.8, 4) is 0 Å². The van der Waals surface area contributed by atoms with Crippen LogP contribution in [0.25, 0.3) is 0 Å². The Morgan fingerprint density at radius 1 is 0.957 bits per heavy atom. The van der Waals surface area contributed by atoms with Crippen LogP contribution in [0.15, 0.2) is 18.3 Å². The van der Waals surface area contributed by atoms with E-state index in [1.165, 1.54) is 42.4 Å². The molecule has 0 bridgehead atoms. The number of nitrogens with zero attached hydrogens (tertiary/aromatic N) is 4. The second-order valence-corrected chi connectivity index (χ2v) is 6.44. The summed E-state index contributed by atoms with van der Waals surface area (Å²) in [4.78, 5) is 6.93. The Balaban J connectivity index is 1.83. The average Bonchev–Trinajstić information content (AvgIpc) is 2.80. The number of aryl methyl sites for hydroxylation is 3. The smallest absolute Gasteiger partial charge is 0.247 e. The minimum Gasteiger partial charge on any atom is -0.339 e. The minimum absolute atomic E-state index is 0.735. The van der Waals surface area contributed by atoms with Crippen molar-refractivity contribution in [2.75, 3.05) is 23.3 Å². The Bertz CT molecular complexity index is 652. The fourth-order valence-corrected chi connectivity index (χ4v) is 3.26. The summed E-state index contributed by atoms with van der Waals surface area (Å²) in [5, 5.41) is 11.8. The summed E-state index contributed by atoms with van der Waals surface area (Å²) >= 11 is 0. The van der Waals surface area contributed by atoms with Gasteiger partial charge in [-0.2, -0.15) is 10.1 Å². The molecule has 3 rings (SSSR count).